The predicted molar refractivity (Wildman–Crippen MR) is 81.1 cm³/mol. The van der Waals surface area contributed by atoms with E-state index in [1.165, 1.54) is 12.8 Å². The van der Waals surface area contributed by atoms with Gasteiger partial charge in [-0.1, -0.05) is 31.5 Å². The van der Waals surface area contributed by atoms with Crippen LogP contribution in [0.3, 0.4) is 0 Å². The molecule has 1 aromatic carbocycles. The summed E-state index contributed by atoms with van der Waals surface area (Å²) in [5.74, 6) is 0.912. The van der Waals surface area contributed by atoms with Crippen LogP contribution in [0.1, 0.15) is 38.7 Å². The Labute approximate surface area is 121 Å². The zero-order valence-electron chi connectivity index (χ0n) is 12.3. The molecule has 0 aliphatic heterocycles. The van der Waals surface area contributed by atoms with Crippen molar-refractivity contribution in [3.8, 4) is 5.75 Å². The van der Waals surface area contributed by atoms with Crippen LogP contribution in [0.2, 0.25) is 5.02 Å². The van der Waals surface area contributed by atoms with Gasteiger partial charge in [0.15, 0.2) is 0 Å². The van der Waals surface area contributed by atoms with Crippen LogP contribution in [-0.2, 0) is 0 Å². The van der Waals surface area contributed by atoms with Crippen molar-refractivity contribution >= 4 is 11.6 Å². The van der Waals surface area contributed by atoms with E-state index in [1.807, 2.05) is 25.2 Å². The highest BCUT2D eigenvalue weighted by molar-refractivity contribution is 6.30. The summed E-state index contributed by atoms with van der Waals surface area (Å²) in [4.78, 5) is 0. The van der Waals surface area contributed by atoms with E-state index in [1.54, 1.807) is 0 Å². The maximum atomic E-state index is 6.26. The lowest BCUT2D eigenvalue weighted by Gasteiger charge is -2.43. The summed E-state index contributed by atoms with van der Waals surface area (Å²) in [6, 6.07) is 6.22. The fourth-order valence-corrected chi connectivity index (χ4v) is 3.31. The van der Waals surface area contributed by atoms with Crippen molar-refractivity contribution in [2.75, 3.05) is 7.05 Å². The first-order chi connectivity index (χ1) is 8.94. The standard InChI is InChI=1S/C16H24ClNO/c1-11-7-8-12(17)10-14(11)19-13-6-5-9-16(2,3)15(13)18-4/h7-8,10,13,15,18H,5-6,9H2,1-4H3. The Kier molecular flexibility index (Phi) is 4.42. The number of ether oxygens (including phenoxy) is 1. The van der Waals surface area contributed by atoms with E-state index in [-0.39, 0.29) is 11.5 Å². The molecule has 0 spiro atoms. The van der Waals surface area contributed by atoms with Crippen molar-refractivity contribution in [3.05, 3.63) is 28.8 Å². The van der Waals surface area contributed by atoms with Crippen LogP contribution in [0.5, 0.6) is 5.75 Å². The highest BCUT2D eigenvalue weighted by Crippen LogP contribution is 2.38. The van der Waals surface area contributed by atoms with Crippen molar-refractivity contribution in [1.29, 1.82) is 0 Å². The van der Waals surface area contributed by atoms with E-state index in [2.05, 4.69) is 26.1 Å². The molecular formula is C16H24ClNO. The van der Waals surface area contributed by atoms with E-state index < -0.39 is 0 Å². The molecule has 2 rings (SSSR count). The largest absolute Gasteiger partial charge is 0.488 e. The average molecular weight is 282 g/mol. The number of rotatable bonds is 3. The molecule has 1 aromatic rings. The molecule has 1 saturated carbocycles. The number of benzene rings is 1. The molecular weight excluding hydrogens is 258 g/mol. The number of nitrogens with one attached hydrogen (secondary N) is 1. The molecule has 2 atom stereocenters. The van der Waals surface area contributed by atoms with Gasteiger partial charge in [0.2, 0.25) is 0 Å². The smallest absolute Gasteiger partial charge is 0.124 e. The first-order valence-corrected chi connectivity index (χ1v) is 7.42. The van der Waals surface area contributed by atoms with Gasteiger partial charge in [0.05, 0.1) is 0 Å². The van der Waals surface area contributed by atoms with E-state index in [4.69, 9.17) is 16.3 Å². The lowest BCUT2D eigenvalue weighted by molar-refractivity contribution is 0.0399. The molecule has 0 saturated heterocycles. The van der Waals surface area contributed by atoms with Crippen LogP contribution in [0, 0.1) is 12.3 Å². The van der Waals surface area contributed by atoms with Gasteiger partial charge in [0.1, 0.15) is 11.9 Å². The fourth-order valence-electron chi connectivity index (χ4n) is 3.15. The number of hydrogen-bond acceptors (Lipinski definition) is 2. The Hall–Kier alpha value is -0.730. The molecule has 0 heterocycles. The van der Waals surface area contributed by atoms with Crippen LogP contribution >= 0.6 is 11.6 Å². The SMILES string of the molecule is CNC1C(Oc2cc(Cl)ccc2C)CCCC1(C)C. The van der Waals surface area contributed by atoms with Gasteiger partial charge in [-0.3, -0.25) is 0 Å². The van der Waals surface area contributed by atoms with Crippen molar-refractivity contribution in [2.24, 2.45) is 5.41 Å². The van der Waals surface area contributed by atoms with Gasteiger partial charge in [-0.2, -0.15) is 0 Å². The fraction of sp³-hybridized carbons (Fsp3) is 0.625. The Balaban J connectivity index is 2.19. The van der Waals surface area contributed by atoms with Crippen molar-refractivity contribution < 1.29 is 4.74 Å². The van der Waals surface area contributed by atoms with Gasteiger partial charge in [0.25, 0.3) is 0 Å². The highest BCUT2D eigenvalue weighted by Gasteiger charge is 2.39. The number of hydrogen-bond donors (Lipinski definition) is 1. The van der Waals surface area contributed by atoms with E-state index in [0.717, 1.165) is 22.8 Å². The van der Waals surface area contributed by atoms with Crippen molar-refractivity contribution in [1.82, 2.24) is 5.32 Å². The van der Waals surface area contributed by atoms with Crippen molar-refractivity contribution in [3.63, 3.8) is 0 Å². The average Bonchev–Trinajstić information content (AvgIpc) is 2.33. The topological polar surface area (TPSA) is 21.3 Å². The summed E-state index contributed by atoms with van der Waals surface area (Å²) in [6.45, 7) is 6.69. The second-order valence-corrected chi connectivity index (χ2v) is 6.65. The normalized spacial score (nSPS) is 26.2. The summed E-state index contributed by atoms with van der Waals surface area (Å²) in [7, 11) is 2.03. The zero-order valence-corrected chi connectivity index (χ0v) is 13.1. The van der Waals surface area contributed by atoms with Gasteiger partial charge >= 0.3 is 0 Å². The first kappa shape index (κ1) is 14.7. The van der Waals surface area contributed by atoms with Gasteiger partial charge < -0.3 is 10.1 Å². The molecule has 0 bridgehead atoms. The molecule has 1 N–H and O–H groups in total. The third-order valence-corrected chi connectivity index (χ3v) is 4.50. The molecule has 3 heteroatoms. The molecule has 1 aliphatic carbocycles. The quantitative estimate of drug-likeness (QED) is 0.897. The Morgan fingerprint density at radius 1 is 1.37 bits per heavy atom. The minimum atomic E-state index is 0.214. The molecule has 0 amide bonds. The Morgan fingerprint density at radius 3 is 2.79 bits per heavy atom. The first-order valence-electron chi connectivity index (χ1n) is 7.04. The summed E-state index contributed by atoms with van der Waals surface area (Å²) in [6.07, 6.45) is 3.77. The van der Waals surface area contributed by atoms with Gasteiger partial charge in [-0.15, -0.1) is 0 Å². The third-order valence-electron chi connectivity index (χ3n) is 4.26. The van der Waals surface area contributed by atoms with Gasteiger partial charge in [-0.25, -0.2) is 0 Å². The van der Waals surface area contributed by atoms with Crippen LogP contribution in [0.4, 0.5) is 0 Å². The lowest BCUT2D eigenvalue weighted by Crippen LogP contribution is -2.53. The molecule has 1 aliphatic rings. The summed E-state index contributed by atoms with van der Waals surface area (Å²) < 4.78 is 6.26. The molecule has 19 heavy (non-hydrogen) atoms. The lowest BCUT2D eigenvalue weighted by atomic mass is 9.72. The minimum absolute atomic E-state index is 0.214. The zero-order chi connectivity index (χ0) is 14.0. The second kappa shape index (κ2) is 5.72. The summed E-state index contributed by atoms with van der Waals surface area (Å²) >= 11 is 6.07. The summed E-state index contributed by atoms with van der Waals surface area (Å²) in [5, 5.41) is 4.17. The van der Waals surface area contributed by atoms with Crippen LogP contribution in [-0.4, -0.2) is 19.2 Å². The van der Waals surface area contributed by atoms with Crippen LogP contribution in [0.25, 0.3) is 0 Å². The summed E-state index contributed by atoms with van der Waals surface area (Å²) in [5.41, 5.74) is 1.41. The molecule has 2 unspecified atom stereocenters. The van der Waals surface area contributed by atoms with E-state index in [9.17, 15) is 0 Å². The highest BCUT2D eigenvalue weighted by atomic mass is 35.5. The minimum Gasteiger partial charge on any atom is -0.488 e. The van der Waals surface area contributed by atoms with E-state index in [0.29, 0.717) is 6.04 Å². The molecule has 106 valence electrons. The monoisotopic (exact) mass is 281 g/mol. The molecule has 0 aromatic heterocycles. The third kappa shape index (κ3) is 3.24. The maximum absolute atomic E-state index is 6.26. The Morgan fingerprint density at radius 2 is 2.11 bits per heavy atom. The Bertz CT molecular complexity index is 444. The van der Waals surface area contributed by atoms with Gasteiger partial charge in [0, 0.05) is 11.1 Å². The van der Waals surface area contributed by atoms with Crippen LogP contribution < -0.4 is 10.1 Å². The number of aryl methyl sites for hydroxylation is 1. The molecule has 0 radical (unpaired) electrons. The molecule has 1 fully saturated rings. The second-order valence-electron chi connectivity index (χ2n) is 6.21. The van der Waals surface area contributed by atoms with Crippen molar-refractivity contribution in [2.45, 2.75) is 52.2 Å². The predicted octanol–water partition coefficient (Wildman–Crippen LogP) is 4.19. The molecule has 2 nitrogen and oxygen atoms in total. The number of halogens is 1. The number of likely N-dealkylation sites (N-methyl/N-ethyl adjacent to an activating group) is 1. The van der Waals surface area contributed by atoms with Crippen LogP contribution in [0.15, 0.2) is 18.2 Å². The van der Waals surface area contributed by atoms with Gasteiger partial charge in [-0.05, 0) is 56.3 Å². The maximum Gasteiger partial charge on any atom is 0.124 e. The van der Waals surface area contributed by atoms with E-state index >= 15 is 0 Å².